The van der Waals surface area contributed by atoms with Gasteiger partial charge in [-0.2, -0.15) is 5.10 Å². The van der Waals surface area contributed by atoms with E-state index in [1.54, 1.807) is 11.0 Å². The summed E-state index contributed by atoms with van der Waals surface area (Å²) in [5, 5.41) is 4.14. The van der Waals surface area contributed by atoms with E-state index < -0.39 is 0 Å². The molecule has 3 rings (SSSR count). The molecule has 5 nitrogen and oxygen atoms in total. The topological polar surface area (TPSA) is 47.1 Å². The number of furan rings is 1. The van der Waals surface area contributed by atoms with Crippen molar-refractivity contribution in [3.63, 3.8) is 0 Å². The first-order chi connectivity index (χ1) is 10.6. The van der Waals surface area contributed by atoms with Gasteiger partial charge in [-0.15, -0.1) is 0 Å². The van der Waals surface area contributed by atoms with Crippen LogP contribution in [0.3, 0.4) is 0 Å². The van der Waals surface area contributed by atoms with Gasteiger partial charge in [-0.05, 0) is 50.7 Å². The van der Waals surface area contributed by atoms with Gasteiger partial charge in [0.05, 0.1) is 12.2 Å². The fourth-order valence-corrected chi connectivity index (χ4v) is 2.45. The lowest BCUT2D eigenvalue weighted by Crippen LogP contribution is -2.21. The predicted molar refractivity (Wildman–Crippen MR) is 84.7 cm³/mol. The van der Waals surface area contributed by atoms with Crippen LogP contribution in [0.25, 0.3) is 5.69 Å². The Kier molecular flexibility index (Phi) is 4.06. The molecule has 0 spiro atoms. The lowest BCUT2D eigenvalue weighted by molar-refractivity contribution is 0.231. The van der Waals surface area contributed by atoms with Crippen LogP contribution in [0, 0.1) is 6.92 Å². The molecule has 0 bridgehead atoms. The summed E-state index contributed by atoms with van der Waals surface area (Å²) in [5.41, 5.74) is 2.27. The molecule has 0 amide bonds. The van der Waals surface area contributed by atoms with Gasteiger partial charge in [-0.25, -0.2) is 9.67 Å². The van der Waals surface area contributed by atoms with Crippen molar-refractivity contribution in [3.05, 3.63) is 66.1 Å². The van der Waals surface area contributed by atoms with Gasteiger partial charge >= 0.3 is 0 Å². The van der Waals surface area contributed by atoms with Gasteiger partial charge in [0.2, 0.25) is 0 Å². The lowest BCUT2D eigenvalue weighted by atomic mass is 10.1. The van der Waals surface area contributed by atoms with E-state index in [9.17, 15) is 0 Å². The second-order valence-electron chi connectivity index (χ2n) is 5.54. The molecule has 22 heavy (non-hydrogen) atoms. The highest BCUT2D eigenvalue weighted by atomic mass is 16.3. The summed E-state index contributed by atoms with van der Waals surface area (Å²) in [6, 6.07) is 12.7. The molecule has 0 aliphatic rings. The van der Waals surface area contributed by atoms with Gasteiger partial charge in [0, 0.05) is 6.04 Å². The molecular formula is C17H20N4O. The van der Waals surface area contributed by atoms with E-state index >= 15 is 0 Å². The standard InChI is InChI=1S/C17H20N4O/c1-13-4-9-17(22-13)10-20(3)14(2)15-5-7-16(8-6-15)21-12-18-11-19-21/h4-9,11-12,14H,10H2,1-3H3/t14-/m0/s1. The van der Waals surface area contributed by atoms with Gasteiger partial charge in [0.1, 0.15) is 24.2 Å². The van der Waals surface area contributed by atoms with Crippen LogP contribution < -0.4 is 0 Å². The molecule has 114 valence electrons. The Morgan fingerprint density at radius 3 is 2.55 bits per heavy atom. The van der Waals surface area contributed by atoms with Crippen LogP contribution in [-0.2, 0) is 6.54 Å². The molecule has 3 aromatic rings. The molecule has 0 radical (unpaired) electrons. The van der Waals surface area contributed by atoms with Crippen molar-refractivity contribution in [3.8, 4) is 5.69 Å². The quantitative estimate of drug-likeness (QED) is 0.724. The summed E-state index contributed by atoms with van der Waals surface area (Å²) in [5.74, 6) is 1.94. The third kappa shape index (κ3) is 3.09. The monoisotopic (exact) mass is 296 g/mol. The smallest absolute Gasteiger partial charge is 0.138 e. The molecule has 2 heterocycles. The Balaban J connectivity index is 1.70. The molecule has 5 heteroatoms. The van der Waals surface area contributed by atoms with Crippen LogP contribution in [0.5, 0.6) is 0 Å². The number of hydrogen-bond acceptors (Lipinski definition) is 4. The second kappa shape index (κ2) is 6.15. The van der Waals surface area contributed by atoms with Gasteiger partial charge in [0.15, 0.2) is 0 Å². The van der Waals surface area contributed by atoms with Gasteiger partial charge in [0.25, 0.3) is 0 Å². The molecule has 1 atom stereocenters. The van der Waals surface area contributed by atoms with E-state index in [4.69, 9.17) is 4.42 Å². The number of benzene rings is 1. The SMILES string of the molecule is Cc1ccc(CN(C)[C@@H](C)c2ccc(-n3cncn3)cc2)o1. The molecular weight excluding hydrogens is 276 g/mol. The van der Waals surface area contributed by atoms with E-state index in [0.717, 1.165) is 23.8 Å². The number of rotatable bonds is 5. The molecule has 0 unspecified atom stereocenters. The lowest BCUT2D eigenvalue weighted by Gasteiger charge is -2.24. The summed E-state index contributed by atoms with van der Waals surface area (Å²) >= 11 is 0. The van der Waals surface area contributed by atoms with Crippen LogP contribution >= 0.6 is 0 Å². The van der Waals surface area contributed by atoms with Crippen molar-refractivity contribution in [1.29, 1.82) is 0 Å². The fraction of sp³-hybridized carbons (Fsp3) is 0.294. The maximum absolute atomic E-state index is 5.65. The fourth-order valence-electron chi connectivity index (χ4n) is 2.45. The average Bonchev–Trinajstić information content (AvgIpc) is 3.18. The molecule has 0 N–H and O–H groups in total. The largest absolute Gasteiger partial charge is 0.465 e. The zero-order valence-electron chi connectivity index (χ0n) is 13.1. The highest BCUT2D eigenvalue weighted by Crippen LogP contribution is 2.22. The van der Waals surface area contributed by atoms with Crippen molar-refractivity contribution >= 4 is 0 Å². The Morgan fingerprint density at radius 2 is 1.95 bits per heavy atom. The first kappa shape index (κ1) is 14.5. The first-order valence-corrected chi connectivity index (χ1v) is 7.34. The van der Waals surface area contributed by atoms with Gasteiger partial charge in [-0.3, -0.25) is 4.90 Å². The highest BCUT2D eigenvalue weighted by Gasteiger charge is 2.13. The van der Waals surface area contributed by atoms with E-state index in [-0.39, 0.29) is 0 Å². The highest BCUT2D eigenvalue weighted by molar-refractivity contribution is 5.34. The minimum Gasteiger partial charge on any atom is -0.465 e. The van der Waals surface area contributed by atoms with Gasteiger partial charge in [-0.1, -0.05) is 12.1 Å². The van der Waals surface area contributed by atoms with Crippen molar-refractivity contribution in [2.45, 2.75) is 26.4 Å². The van der Waals surface area contributed by atoms with Crippen molar-refractivity contribution in [2.75, 3.05) is 7.05 Å². The molecule has 2 aromatic heterocycles. The number of aryl methyl sites for hydroxylation is 1. The first-order valence-electron chi connectivity index (χ1n) is 7.34. The van der Waals surface area contributed by atoms with Crippen LogP contribution in [0.15, 0.2) is 53.5 Å². The van der Waals surface area contributed by atoms with Crippen LogP contribution in [0.2, 0.25) is 0 Å². The number of nitrogens with zero attached hydrogens (tertiary/aromatic N) is 4. The minimum absolute atomic E-state index is 0.301. The summed E-state index contributed by atoms with van der Waals surface area (Å²) in [7, 11) is 2.11. The molecule has 0 saturated carbocycles. The normalized spacial score (nSPS) is 12.7. The maximum Gasteiger partial charge on any atom is 0.138 e. The van der Waals surface area contributed by atoms with Crippen LogP contribution in [-0.4, -0.2) is 26.7 Å². The van der Waals surface area contributed by atoms with Gasteiger partial charge < -0.3 is 4.42 Å². The van der Waals surface area contributed by atoms with E-state index in [1.807, 2.05) is 19.1 Å². The van der Waals surface area contributed by atoms with Crippen molar-refractivity contribution in [2.24, 2.45) is 0 Å². The molecule has 0 saturated heterocycles. The average molecular weight is 296 g/mol. The Hall–Kier alpha value is -2.40. The Morgan fingerprint density at radius 1 is 1.18 bits per heavy atom. The molecule has 0 fully saturated rings. The van der Waals surface area contributed by atoms with E-state index in [0.29, 0.717) is 6.04 Å². The maximum atomic E-state index is 5.65. The Labute approximate surface area is 130 Å². The summed E-state index contributed by atoms with van der Waals surface area (Å²) < 4.78 is 7.40. The number of hydrogen-bond donors (Lipinski definition) is 0. The zero-order chi connectivity index (χ0) is 15.5. The van der Waals surface area contributed by atoms with E-state index in [1.165, 1.54) is 11.9 Å². The Bertz CT molecular complexity index is 715. The third-order valence-corrected chi connectivity index (χ3v) is 3.92. The molecule has 1 aromatic carbocycles. The minimum atomic E-state index is 0.301. The van der Waals surface area contributed by atoms with Crippen LogP contribution in [0.1, 0.15) is 30.0 Å². The van der Waals surface area contributed by atoms with E-state index in [2.05, 4.69) is 53.2 Å². The third-order valence-electron chi connectivity index (χ3n) is 3.92. The molecule has 0 aliphatic heterocycles. The van der Waals surface area contributed by atoms with Crippen molar-refractivity contribution in [1.82, 2.24) is 19.7 Å². The predicted octanol–water partition coefficient (Wildman–Crippen LogP) is 3.36. The summed E-state index contributed by atoms with van der Waals surface area (Å²) in [6.45, 7) is 4.95. The number of aromatic nitrogens is 3. The second-order valence-corrected chi connectivity index (χ2v) is 5.54. The molecule has 0 aliphatic carbocycles. The van der Waals surface area contributed by atoms with Crippen molar-refractivity contribution < 1.29 is 4.42 Å². The summed E-state index contributed by atoms with van der Waals surface area (Å²) in [4.78, 5) is 6.23. The zero-order valence-corrected chi connectivity index (χ0v) is 13.1. The van der Waals surface area contributed by atoms with Crippen LogP contribution in [0.4, 0.5) is 0 Å². The summed E-state index contributed by atoms with van der Waals surface area (Å²) in [6.07, 6.45) is 3.24.